The van der Waals surface area contributed by atoms with Crippen molar-refractivity contribution >= 4 is 19.8 Å². The fraction of sp³-hybridized carbons (Fsp3) is 0.600. The standard InChI is InChI=1S/C80H130NO8P/c1-6-8-10-12-14-16-18-20-22-24-26-28-30-32-34-36-37-38-39-40-41-42-43-45-47-49-51-53-55-57-59-61-63-65-67-69-71-73-80(83)89-78(77-88-90(84,85)87-75-74-81(3,4)5)76-86-79(82)72-70-68-66-64-62-60-58-56-54-52-50-48-46-44-35-33-31-29-27-25-23-21-19-17-15-13-11-9-7-2/h8-11,14-17,20-23,26-29,32-35,37-38,40-41,43,45-46,48-49,51,78H,6-7,12-13,18-19,24-25,30-31,36,39,42,44,47,50,52-77H2,1-5H3/b10-8-,11-9-,16-14-,17-15-,22-20-,23-21-,28-26-,29-27-,34-32-,35-33-,38-37-,41-40-,45-43-,48-46-,51-49-. The van der Waals surface area contributed by atoms with Gasteiger partial charge in [-0.1, -0.05) is 292 Å². The monoisotopic (exact) mass is 1260 g/mol. The van der Waals surface area contributed by atoms with Crippen LogP contribution in [0.1, 0.15) is 258 Å². The van der Waals surface area contributed by atoms with Crippen LogP contribution >= 0.6 is 7.82 Å². The Balaban J connectivity index is 4.14. The molecule has 0 spiro atoms. The van der Waals surface area contributed by atoms with E-state index in [1.807, 2.05) is 21.1 Å². The number of hydrogen-bond acceptors (Lipinski definition) is 8. The first-order valence-corrected chi connectivity index (χ1v) is 37.0. The maximum Gasteiger partial charge on any atom is 0.306 e. The van der Waals surface area contributed by atoms with E-state index in [0.717, 1.165) is 148 Å². The number of carbonyl (C=O) groups is 2. The van der Waals surface area contributed by atoms with Gasteiger partial charge in [0.25, 0.3) is 7.82 Å². The van der Waals surface area contributed by atoms with Gasteiger partial charge in [0.15, 0.2) is 6.10 Å². The molecule has 0 aliphatic carbocycles. The summed E-state index contributed by atoms with van der Waals surface area (Å²) in [5, 5.41) is 0. The van der Waals surface area contributed by atoms with E-state index in [9.17, 15) is 19.0 Å². The maximum atomic E-state index is 12.9. The molecule has 0 aliphatic heterocycles. The van der Waals surface area contributed by atoms with Crippen LogP contribution in [0.4, 0.5) is 0 Å². The number of allylic oxidation sites excluding steroid dienone is 30. The third-order valence-corrected chi connectivity index (χ3v) is 15.4. The quantitative estimate of drug-likeness (QED) is 0.0195. The second-order valence-corrected chi connectivity index (χ2v) is 25.5. The van der Waals surface area contributed by atoms with Gasteiger partial charge in [-0.25, -0.2) is 0 Å². The van der Waals surface area contributed by atoms with Gasteiger partial charge in [0.1, 0.15) is 19.8 Å². The summed E-state index contributed by atoms with van der Waals surface area (Å²) in [6.45, 7) is 3.99. The number of likely N-dealkylation sites (N-methyl/N-ethyl adjacent to an activating group) is 1. The maximum absolute atomic E-state index is 12.9. The minimum Gasteiger partial charge on any atom is -0.756 e. The minimum atomic E-state index is -4.66. The number of esters is 2. The topological polar surface area (TPSA) is 111 Å². The molecule has 90 heavy (non-hydrogen) atoms. The van der Waals surface area contributed by atoms with Crippen molar-refractivity contribution < 1.29 is 42.1 Å². The summed E-state index contributed by atoms with van der Waals surface area (Å²) in [4.78, 5) is 38.1. The molecule has 0 heterocycles. The Bertz CT molecular complexity index is 2170. The largest absolute Gasteiger partial charge is 0.756 e. The first-order valence-electron chi connectivity index (χ1n) is 35.5. The summed E-state index contributed by atoms with van der Waals surface area (Å²) in [6, 6.07) is 0. The van der Waals surface area contributed by atoms with Crippen LogP contribution in [0.25, 0.3) is 0 Å². The molecule has 0 radical (unpaired) electrons. The van der Waals surface area contributed by atoms with E-state index < -0.39 is 32.5 Å². The van der Waals surface area contributed by atoms with Gasteiger partial charge in [-0.3, -0.25) is 14.2 Å². The van der Waals surface area contributed by atoms with Gasteiger partial charge in [0.05, 0.1) is 27.7 Å². The van der Waals surface area contributed by atoms with E-state index in [2.05, 4.69) is 196 Å². The van der Waals surface area contributed by atoms with Crippen molar-refractivity contribution in [1.82, 2.24) is 0 Å². The van der Waals surface area contributed by atoms with Crippen molar-refractivity contribution in [1.29, 1.82) is 0 Å². The number of phosphoric ester groups is 1. The Kier molecular flexibility index (Phi) is 64.8. The van der Waals surface area contributed by atoms with E-state index >= 15 is 0 Å². The Morgan fingerprint density at radius 2 is 0.600 bits per heavy atom. The first kappa shape index (κ1) is 85.1. The summed E-state index contributed by atoms with van der Waals surface area (Å²) >= 11 is 0. The molecular formula is C80H130NO8P. The Morgan fingerprint density at radius 3 is 0.889 bits per heavy atom. The highest BCUT2D eigenvalue weighted by molar-refractivity contribution is 7.45. The number of hydrogen-bond donors (Lipinski definition) is 0. The van der Waals surface area contributed by atoms with Gasteiger partial charge >= 0.3 is 11.9 Å². The molecule has 0 aromatic heterocycles. The normalized spacial score (nSPS) is 14.2. The van der Waals surface area contributed by atoms with Crippen LogP contribution in [0, 0.1) is 0 Å². The number of nitrogens with zero attached hydrogens (tertiary/aromatic N) is 1. The molecule has 10 heteroatoms. The van der Waals surface area contributed by atoms with E-state index in [1.165, 1.54) is 70.6 Å². The van der Waals surface area contributed by atoms with E-state index in [0.29, 0.717) is 23.9 Å². The molecule has 0 aromatic carbocycles. The van der Waals surface area contributed by atoms with Crippen molar-refractivity contribution in [3.63, 3.8) is 0 Å². The molecule has 2 atom stereocenters. The average molecular weight is 1260 g/mol. The molecule has 0 amide bonds. The molecule has 0 rings (SSSR count). The first-order chi connectivity index (χ1) is 44.0. The molecule has 0 fully saturated rings. The molecule has 9 nitrogen and oxygen atoms in total. The highest BCUT2D eigenvalue weighted by atomic mass is 31.2. The van der Waals surface area contributed by atoms with Gasteiger partial charge in [-0.05, 0) is 135 Å². The number of carbonyl (C=O) groups excluding carboxylic acids is 2. The molecular weight excluding hydrogens is 1130 g/mol. The minimum absolute atomic E-state index is 0.0422. The van der Waals surface area contributed by atoms with E-state index in [4.69, 9.17) is 18.5 Å². The van der Waals surface area contributed by atoms with Crippen LogP contribution in [-0.2, 0) is 32.7 Å². The molecule has 0 N–H and O–H groups in total. The fourth-order valence-corrected chi connectivity index (χ4v) is 9.79. The van der Waals surface area contributed by atoms with E-state index in [1.54, 1.807) is 0 Å². The van der Waals surface area contributed by atoms with Crippen molar-refractivity contribution in [3.8, 4) is 0 Å². The average Bonchev–Trinajstić information content (AvgIpc) is 3.58. The Labute approximate surface area is 552 Å². The van der Waals surface area contributed by atoms with Crippen molar-refractivity contribution in [2.24, 2.45) is 0 Å². The van der Waals surface area contributed by atoms with E-state index in [-0.39, 0.29) is 26.1 Å². The van der Waals surface area contributed by atoms with Crippen LogP contribution in [0.2, 0.25) is 0 Å². The second kappa shape index (κ2) is 68.5. The predicted molar refractivity (Wildman–Crippen MR) is 387 cm³/mol. The van der Waals surface area contributed by atoms with Gasteiger partial charge < -0.3 is 27.9 Å². The molecule has 0 aromatic rings. The zero-order valence-electron chi connectivity index (χ0n) is 57.8. The predicted octanol–water partition coefficient (Wildman–Crippen LogP) is 22.9. The molecule has 0 bridgehead atoms. The highest BCUT2D eigenvalue weighted by Gasteiger charge is 2.22. The van der Waals surface area contributed by atoms with Gasteiger partial charge in [0.2, 0.25) is 0 Å². The summed E-state index contributed by atoms with van der Waals surface area (Å²) in [5.74, 6) is -0.855. The zero-order valence-corrected chi connectivity index (χ0v) is 58.7. The van der Waals surface area contributed by atoms with Crippen molar-refractivity contribution in [3.05, 3.63) is 182 Å². The number of quaternary nitrogens is 1. The number of ether oxygens (including phenoxy) is 2. The zero-order chi connectivity index (χ0) is 65.5. The highest BCUT2D eigenvalue weighted by Crippen LogP contribution is 2.38. The van der Waals surface area contributed by atoms with Gasteiger partial charge in [-0.2, -0.15) is 0 Å². The number of phosphoric acid groups is 1. The lowest BCUT2D eigenvalue weighted by molar-refractivity contribution is -0.870. The Morgan fingerprint density at radius 1 is 0.344 bits per heavy atom. The molecule has 0 saturated carbocycles. The molecule has 2 unspecified atom stereocenters. The van der Waals surface area contributed by atoms with Crippen LogP contribution < -0.4 is 4.89 Å². The summed E-state index contributed by atoms with van der Waals surface area (Å²) in [5.41, 5.74) is 0. The number of rotatable bonds is 63. The lowest BCUT2D eigenvalue weighted by atomic mass is 10.1. The number of unbranched alkanes of at least 4 members (excludes halogenated alkanes) is 19. The van der Waals surface area contributed by atoms with Gasteiger partial charge in [-0.15, -0.1) is 0 Å². The Hall–Kier alpha value is -4.89. The molecule has 0 saturated heterocycles. The molecule has 508 valence electrons. The summed E-state index contributed by atoms with van der Waals surface area (Å²) < 4.78 is 34.3. The van der Waals surface area contributed by atoms with Crippen LogP contribution in [0.15, 0.2) is 182 Å². The lowest BCUT2D eigenvalue weighted by Gasteiger charge is -2.28. The van der Waals surface area contributed by atoms with Crippen molar-refractivity contribution in [2.75, 3.05) is 47.5 Å². The van der Waals surface area contributed by atoms with Crippen LogP contribution in [0.3, 0.4) is 0 Å². The third-order valence-electron chi connectivity index (χ3n) is 14.4. The van der Waals surface area contributed by atoms with Crippen LogP contribution in [0.5, 0.6) is 0 Å². The summed E-state index contributed by atoms with van der Waals surface area (Å²) in [6.07, 6.45) is 105. The second-order valence-electron chi connectivity index (χ2n) is 24.1. The molecule has 0 aliphatic rings. The van der Waals surface area contributed by atoms with Crippen LogP contribution in [-0.4, -0.2) is 70.0 Å². The summed E-state index contributed by atoms with van der Waals surface area (Å²) in [7, 11) is 1.14. The van der Waals surface area contributed by atoms with Gasteiger partial charge in [0, 0.05) is 12.8 Å². The fourth-order valence-electron chi connectivity index (χ4n) is 9.06. The van der Waals surface area contributed by atoms with Crippen molar-refractivity contribution in [2.45, 2.75) is 264 Å². The SMILES string of the molecule is CC/C=C\C/C=C\C/C=C\C/C=C\C/C=C\C/C=C\C/C=C\C/C=C\C/C=C\CCCCCCCCCCCC(=O)OC(COC(=O)CCCCCCCCCCCC/C=C\C/C=C\C/C=C\C/C=C\C/C=C\C/C=C\CC)COP(=O)([O-])OCC[N+](C)(C)C. The smallest absolute Gasteiger partial charge is 0.306 e. The lowest BCUT2D eigenvalue weighted by Crippen LogP contribution is -2.37. The third kappa shape index (κ3) is 72.2.